The number of carbonyl (C=O) groups is 2. The molecule has 5 heteroatoms. The maximum absolute atomic E-state index is 12.3. The first-order chi connectivity index (χ1) is 10.7. The molecule has 2 amide bonds. The van der Waals surface area contributed by atoms with Crippen LogP contribution < -0.4 is 5.32 Å². The summed E-state index contributed by atoms with van der Waals surface area (Å²) < 4.78 is 0. The Balaban J connectivity index is 1.52. The van der Waals surface area contributed by atoms with Gasteiger partial charge < -0.3 is 15.1 Å². The highest BCUT2D eigenvalue weighted by atomic mass is 16.2. The van der Waals surface area contributed by atoms with E-state index in [1.165, 1.54) is 5.56 Å². The SMILES string of the molecule is O=C(CN1C[C@@H](Cc2ccccc2)CC1=O)N1CCNCC1. The fourth-order valence-corrected chi connectivity index (χ4v) is 3.27. The van der Waals surface area contributed by atoms with Crippen molar-refractivity contribution < 1.29 is 9.59 Å². The van der Waals surface area contributed by atoms with Crippen LogP contribution in [0.15, 0.2) is 30.3 Å². The van der Waals surface area contributed by atoms with E-state index in [0.29, 0.717) is 18.9 Å². The van der Waals surface area contributed by atoms with Gasteiger partial charge in [-0.25, -0.2) is 0 Å². The van der Waals surface area contributed by atoms with Gasteiger partial charge in [0.25, 0.3) is 0 Å². The number of nitrogens with zero attached hydrogens (tertiary/aromatic N) is 2. The summed E-state index contributed by atoms with van der Waals surface area (Å²) in [5.74, 6) is 0.519. The molecule has 0 spiro atoms. The number of piperazine rings is 1. The molecule has 0 aromatic heterocycles. The second kappa shape index (κ2) is 6.92. The third-order valence-corrected chi connectivity index (χ3v) is 4.46. The van der Waals surface area contributed by atoms with Gasteiger partial charge in [-0.1, -0.05) is 30.3 Å². The van der Waals surface area contributed by atoms with Crippen LogP contribution in [0, 0.1) is 5.92 Å². The summed E-state index contributed by atoms with van der Waals surface area (Å²) in [5, 5.41) is 3.23. The summed E-state index contributed by atoms with van der Waals surface area (Å²) in [6.45, 7) is 4.12. The van der Waals surface area contributed by atoms with Crippen molar-refractivity contribution in [1.82, 2.24) is 15.1 Å². The number of rotatable bonds is 4. The Morgan fingerprint density at radius 1 is 1.18 bits per heavy atom. The van der Waals surface area contributed by atoms with E-state index in [1.54, 1.807) is 4.90 Å². The Bertz CT molecular complexity index is 526. The monoisotopic (exact) mass is 301 g/mol. The lowest BCUT2D eigenvalue weighted by Gasteiger charge is -2.29. The third kappa shape index (κ3) is 3.65. The quantitative estimate of drug-likeness (QED) is 0.881. The Morgan fingerprint density at radius 3 is 2.64 bits per heavy atom. The van der Waals surface area contributed by atoms with Gasteiger partial charge >= 0.3 is 0 Å². The summed E-state index contributed by atoms with van der Waals surface area (Å²) in [6.07, 6.45) is 1.47. The number of carbonyl (C=O) groups excluding carboxylic acids is 2. The van der Waals surface area contributed by atoms with Gasteiger partial charge in [-0.05, 0) is 17.9 Å². The molecule has 0 aliphatic carbocycles. The lowest BCUT2D eigenvalue weighted by atomic mass is 9.99. The van der Waals surface area contributed by atoms with Gasteiger partial charge in [-0.2, -0.15) is 0 Å². The van der Waals surface area contributed by atoms with Crippen LogP contribution in [-0.2, 0) is 16.0 Å². The Morgan fingerprint density at radius 2 is 1.91 bits per heavy atom. The van der Waals surface area contributed by atoms with E-state index in [9.17, 15) is 9.59 Å². The highest BCUT2D eigenvalue weighted by molar-refractivity contribution is 5.86. The maximum Gasteiger partial charge on any atom is 0.242 e. The second-order valence-electron chi connectivity index (χ2n) is 6.16. The molecule has 2 aliphatic heterocycles. The highest BCUT2D eigenvalue weighted by Crippen LogP contribution is 2.22. The molecule has 2 heterocycles. The first-order valence-electron chi connectivity index (χ1n) is 8.02. The number of benzene rings is 1. The number of likely N-dealkylation sites (tertiary alicyclic amines) is 1. The van der Waals surface area contributed by atoms with Gasteiger partial charge in [0.1, 0.15) is 0 Å². The van der Waals surface area contributed by atoms with Gasteiger partial charge in [-0.3, -0.25) is 9.59 Å². The molecule has 2 aliphatic rings. The van der Waals surface area contributed by atoms with Crippen LogP contribution in [0.5, 0.6) is 0 Å². The molecule has 118 valence electrons. The van der Waals surface area contributed by atoms with Crippen LogP contribution in [0.25, 0.3) is 0 Å². The largest absolute Gasteiger partial charge is 0.339 e. The van der Waals surface area contributed by atoms with E-state index in [2.05, 4.69) is 17.4 Å². The standard InChI is InChI=1S/C17H23N3O2/c21-16-11-15(10-14-4-2-1-3-5-14)12-20(16)13-17(22)19-8-6-18-7-9-19/h1-5,15,18H,6-13H2/t15-/m0/s1. The summed E-state index contributed by atoms with van der Waals surface area (Å²) in [6, 6.07) is 10.2. The van der Waals surface area contributed by atoms with Crippen molar-refractivity contribution in [3.8, 4) is 0 Å². The van der Waals surface area contributed by atoms with E-state index in [4.69, 9.17) is 0 Å². The smallest absolute Gasteiger partial charge is 0.242 e. The minimum atomic E-state index is 0.0789. The molecule has 1 atom stereocenters. The highest BCUT2D eigenvalue weighted by Gasteiger charge is 2.31. The van der Waals surface area contributed by atoms with Crippen LogP contribution in [-0.4, -0.2) is 60.9 Å². The number of hydrogen-bond donors (Lipinski definition) is 1. The molecule has 0 bridgehead atoms. The predicted octanol–water partition coefficient (Wildman–Crippen LogP) is 0.509. The topological polar surface area (TPSA) is 52.7 Å². The summed E-state index contributed by atoms with van der Waals surface area (Å²) in [5.41, 5.74) is 1.26. The van der Waals surface area contributed by atoms with Gasteiger partial charge in [0.2, 0.25) is 11.8 Å². The molecular weight excluding hydrogens is 278 g/mol. The first kappa shape index (κ1) is 15.0. The van der Waals surface area contributed by atoms with Gasteiger partial charge in [0.05, 0.1) is 6.54 Å². The molecule has 3 rings (SSSR count). The second-order valence-corrected chi connectivity index (χ2v) is 6.16. The molecule has 5 nitrogen and oxygen atoms in total. The molecule has 0 radical (unpaired) electrons. The van der Waals surface area contributed by atoms with Crippen molar-refractivity contribution in [2.75, 3.05) is 39.3 Å². The Hall–Kier alpha value is -1.88. The average Bonchev–Trinajstić information content (AvgIpc) is 2.88. The van der Waals surface area contributed by atoms with Crippen molar-refractivity contribution in [2.45, 2.75) is 12.8 Å². The van der Waals surface area contributed by atoms with Crippen LogP contribution in [0.4, 0.5) is 0 Å². The van der Waals surface area contributed by atoms with E-state index in [0.717, 1.165) is 32.6 Å². The molecule has 2 saturated heterocycles. The van der Waals surface area contributed by atoms with E-state index < -0.39 is 0 Å². The molecule has 0 unspecified atom stereocenters. The molecule has 22 heavy (non-hydrogen) atoms. The third-order valence-electron chi connectivity index (χ3n) is 4.46. The fraction of sp³-hybridized carbons (Fsp3) is 0.529. The zero-order valence-electron chi connectivity index (χ0n) is 12.8. The maximum atomic E-state index is 12.3. The first-order valence-corrected chi connectivity index (χ1v) is 8.02. The Kier molecular flexibility index (Phi) is 4.73. The predicted molar refractivity (Wildman–Crippen MR) is 84.3 cm³/mol. The Labute approximate surface area is 131 Å². The van der Waals surface area contributed by atoms with E-state index in [1.807, 2.05) is 23.1 Å². The summed E-state index contributed by atoms with van der Waals surface area (Å²) >= 11 is 0. The normalized spacial score (nSPS) is 22.2. The van der Waals surface area contributed by atoms with Gasteiger partial charge in [0.15, 0.2) is 0 Å². The minimum Gasteiger partial charge on any atom is -0.339 e. The number of amides is 2. The lowest BCUT2D eigenvalue weighted by Crippen LogP contribution is -2.49. The zero-order valence-corrected chi connectivity index (χ0v) is 12.8. The van der Waals surface area contributed by atoms with Crippen molar-refractivity contribution in [2.24, 2.45) is 5.92 Å². The minimum absolute atomic E-state index is 0.0789. The number of hydrogen-bond acceptors (Lipinski definition) is 3. The summed E-state index contributed by atoms with van der Waals surface area (Å²) in [7, 11) is 0. The van der Waals surface area contributed by atoms with Crippen LogP contribution >= 0.6 is 0 Å². The van der Waals surface area contributed by atoms with E-state index >= 15 is 0 Å². The fourth-order valence-electron chi connectivity index (χ4n) is 3.27. The molecule has 2 fully saturated rings. The average molecular weight is 301 g/mol. The van der Waals surface area contributed by atoms with Crippen LogP contribution in [0.2, 0.25) is 0 Å². The van der Waals surface area contributed by atoms with Gasteiger partial charge in [-0.15, -0.1) is 0 Å². The zero-order chi connectivity index (χ0) is 15.4. The van der Waals surface area contributed by atoms with Crippen molar-refractivity contribution in [3.63, 3.8) is 0 Å². The van der Waals surface area contributed by atoms with E-state index in [-0.39, 0.29) is 18.4 Å². The molecular formula is C17H23N3O2. The lowest BCUT2D eigenvalue weighted by molar-refractivity contribution is -0.138. The van der Waals surface area contributed by atoms with Crippen LogP contribution in [0.3, 0.4) is 0 Å². The molecule has 1 aromatic carbocycles. The van der Waals surface area contributed by atoms with Crippen molar-refractivity contribution in [1.29, 1.82) is 0 Å². The van der Waals surface area contributed by atoms with Crippen molar-refractivity contribution in [3.05, 3.63) is 35.9 Å². The van der Waals surface area contributed by atoms with Gasteiger partial charge in [0, 0.05) is 39.1 Å². The molecule has 0 saturated carbocycles. The van der Waals surface area contributed by atoms with Crippen molar-refractivity contribution >= 4 is 11.8 Å². The van der Waals surface area contributed by atoms with Crippen LogP contribution in [0.1, 0.15) is 12.0 Å². The molecule has 1 N–H and O–H groups in total. The summed E-state index contributed by atoms with van der Waals surface area (Å²) in [4.78, 5) is 28.0. The number of nitrogens with one attached hydrogen (secondary N) is 1. The molecule has 1 aromatic rings.